The number of furan rings is 1. The molecule has 0 amide bonds. The van der Waals surface area contributed by atoms with Gasteiger partial charge in [0, 0.05) is 10.9 Å². The van der Waals surface area contributed by atoms with Crippen LogP contribution in [0, 0.1) is 6.92 Å². The molecule has 3 N–H and O–H groups in total. The Bertz CT molecular complexity index is 792. The maximum absolute atomic E-state index is 10.6. The van der Waals surface area contributed by atoms with Crippen LogP contribution in [0.1, 0.15) is 23.0 Å². The standard InChI is InChI=1S/C17H17NO3/c1-10-5-3-6-11-9-14(21-17(10)11)16(19)12-7-4-8-13(20-2)15(12)18/h3-9,16,19H,18H2,1-2H3. The highest BCUT2D eigenvalue weighted by Crippen LogP contribution is 2.35. The van der Waals surface area contributed by atoms with Gasteiger partial charge in [-0.3, -0.25) is 0 Å². The van der Waals surface area contributed by atoms with E-state index in [1.807, 2.05) is 31.2 Å². The number of hydrogen-bond acceptors (Lipinski definition) is 4. The predicted octanol–water partition coefficient (Wildman–Crippen LogP) is 3.41. The van der Waals surface area contributed by atoms with Crippen LogP contribution in [0.4, 0.5) is 5.69 Å². The van der Waals surface area contributed by atoms with Crippen molar-refractivity contribution in [2.75, 3.05) is 12.8 Å². The lowest BCUT2D eigenvalue weighted by molar-refractivity contribution is 0.192. The third kappa shape index (κ3) is 2.23. The van der Waals surface area contributed by atoms with Crippen LogP contribution in [0.5, 0.6) is 5.75 Å². The normalized spacial score (nSPS) is 12.5. The predicted molar refractivity (Wildman–Crippen MR) is 82.4 cm³/mol. The molecule has 0 saturated carbocycles. The summed E-state index contributed by atoms with van der Waals surface area (Å²) in [6, 6.07) is 13.0. The van der Waals surface area contributed by atoms with Gasteiger partial charge >= 0.3 is 0 Å². The van der Waals surface area contributed by atoms with Crippen molar-refractivity contribution < 1.29 is 14.3 Å². The Labute approximate surface area is 122 Å². The zero-order chi connectivity index (χ0) is 15.0. The number of nitrogens with two attached hydrogens (primary N) is 1. The van der Waals surface area contributed by atoms with Gasteiger partial charge in [-0.05, 0) is 24.6 Å². The lowest BCUT2D eigenvalue weighted by atomic mass is 10.0. The number of aryl methyl sites for hydroxylation is 1. The molecular formula is C17H17NO3. The maximum Gasteiger partial charge on any atom is 0.142 e. The van der Waals surface area contributed by atoms with Crippen LogP contribution < -0.4 is 10.5 Å². The van der Waals surface area contributed by atoms with Gasteiger partial charge < -0.3 is 20.0 Å². The number of methoxy groups -OCH3 is 1. The van der Waals surface area contributed by atoms with E-state index < -0.39 is 6.10 Å². The fraction of sp³-hybridized carbons (Fsp3) is 0.176. The largest absolute Gasteiger partial charge is 0.495 e. The summed E-state index contributed by atoms with van der Waals surface area (Å²) in [5.74, 6) is 1.01. The van der Waals surface area contributed by atoms with Gasteiger partial charge in [0.1, 0.15) is 23.2 Å². The maximum atomic E-state index is 10.6. The van der Waals surface area contributed by atoms with Crippen molar-refractivity contribution in [2.24, 2.45) is 0 Å². The summed E-state index contributed by atoms with van der Waals surface area (Å²) >= 11 is 0. The second-order valence-electron chi connectivity index (χ2n) is 5.01. The molecule has 0 aliphatic rings. The van der Waals surface area contributed by atoms with Crippen LogP contribution in [0.15, 0.2) is 46.9 Å². The monoisotopic (exact) mass is 283 g/mol. The number of nitrogen functional groups attached to an aromatic ring is 1. The Kier molecular flexibility index (Phi) is 3.31. The molecule has 1 unspecified atom stereocenters. The van der Waals surface area contributed by atoms with E-state index in [1.165, 1.54) is 0 Å². The molecule has 0 saturated heterocycles. The van der Waals surface area contributed by atoms with Gasteiger partial charge in [-0.2, -0.15) is 0 Å². The highest BCUT2D eigenvalue weighted by molar-refractivity contribution is 5.81. The minimum absolute atomic E-state index is 0.421. The highest BCUT2D eigenvalue weighted by Gasteiger charge is 2.20. The van der Waals surface area contributed by atoms with Gasteiger partial charge in [-0.1, -0.05) is 30.3 Å². The van der Waals surface area contributed by atoms with Crippen molar-refractivity contribution in [1.29, 1.82) is 0 Å². The Balaban J connectivity index is 2.08. The summed E-state index contributed by atoms with van der Waals surface area (Å²) in [6.45, 7) is 1.97. The van der Waals surface area contributed by atoms with E-state index in [9.17, 15) is 5.11 Å². The first-order valence-corrected chi connectivity index (χ1v) is 6.71. The fourth-order valence-electron chi connectivity index (χ4n) is 2.49. The Morgan fingerprint density at radius 1 is 1.19 bits per heavy atom. The van der Waals surface area contributed by atoms with Crippen molar-refractivity contribution >= 4 is 16.7 Å². The van der Waals surface area contributed by atoms with Crippen LogP contribution >= 0.6 is 0 Å². The van der Waals surface area contributed by atoms with Crippen molar-refractivity contribution in [2.45, 2.75) is 13.0 Å². The number of aliphatic hydroxyl groups is 1. The van der Waals surface area contributed by atoms with Crippen molar-refractivity contribution in [1.82, 2.24) is 0 Å². The van der Waals surface area contributed by atoms with E-state index >= 15 is 0 Å². The van der Waals surface area contributed by atoms with Crippen LogP contribution in [-0.4, -0.2) is 12.2 Å². The van der Waals surface area contributed by atoms with Gasteiger partial charge in [-0.25, -0.2) is 0 Å². The van der Waals surface area contributed by atoms with Crippen molar-refractivity contribution in [3.05, 3.63) is 59.4 Å². The first-order valence-electron chi connectivity index (χ1n) is 6.71. The Morgan fingerprint density at radius 3 is 2.67 bits per heavy atom. The molecule has 1 aromatic heterocycles. The van der Waals surface area contributed by atoms with Crippen molar-refractivity contribution in [3.63, 3.8) is 0 Å². The summed E-state index contributed by atoms with van der Waals surface area (Å²) in [7, 11) is 1.55. The summed E-state index contributed by atoms with van der Waals surface area (Å²) < 4.78 is 11.0. The molecule has 1 heterocycles. The number of rotatable bonds is 3. The molecule has 3 rings (SSSR count). The topological polar surface area (TPSA) is 68.6 Å². The molecule has 0 radical (unpaired) electrons. The molecule has 0 aliphatic carbocycles. The lowest BCUT2D eigenvalue weighted by Crippen LogP contribution is -2.04. The van der Waals surface area contributed by atoms with Gasteiger partial charge in [0.05, 0.1) is 12.8 Å². The first-order chi connectivity index (χ1) is 10.1. The average Bonchev–Trinajstić information content (AvgIpc) is 2.92. The third-order valence-corrected chi connectivity index (χ3v) is 3.64. The number of hydrogen-bond donors (Lipinski definition) is 2. The fourth-order valence-corrected chi connectivity index (χ4v) is 2.49. The number of anilines is 1. The first kappa shape index (κ1) is 13.5. The van der Waals surface area contributed by atoms with Crippen LogP contribution in [0.25, 0.3) is 11.0 Å². The third-order valence-electron chi connectivity index (χ3n) is 3.64. The SMILES string of the molecule is COc1cccc(C(O)c2cc3cccc(C)c3o2)c1N. The second kappa shape index (κ2) is 5.14. The summed E-state index contributed by atoms with van der Waals surface area (Å²) in [6.07, 6.45) is -0.924. The van der Waals surface area contributed by atoms with Gasteiger partial charge in [0.2, 0.25) is 0 Å². The molecule has 0 spiro atoms. The van der Waals surface area contributed by atoms with Crippen LogP contribution in [0.3, 0.4) is 0 Å². The molecule has 0 fully saturated rings. The zero-order valence-corrected chi connectivity index (χ0v) is 12.0. The summed E-state index contributed by atoms with van der Waals surface area (Å²) in [4.78, 5) is 0. The Morgan fingerprint density at radius 2 is 1.95 bits per heavy atom. The van der Waals surface area contributed by atoms with E-state index in [0.717, 1.165) is 16.5 Å². The minimum atomic E-state index is -0.924. The van der Waals surface area contributed by atoms with Gasteiger partial charge in [0.25, 0.3) is 0 Å². The molecule has 108 valence electrons. The van der Waals surface area contributed by atoms with E-state index in [1.54, 1.807) is 25.3 Å². The molecule has 21 heavy (non-hydrogen) atoms. The van der Waals surface area contributed by atoms with E-state index in [-0.39, 0.29) is 0 Å². The van der Waals surface area contributed by atoms with Gasteiger partial charge in [0.15, 0.2) is 0 Å². The lowest BCUT2D eigenvalue weighted by Gasteiger charge is -2.13. The highest BCUT2D eigenvalue weighted by atomic mass is 16.5. The second-order valence-corrected chi connectivity index (χ2v) is 5.01. The molecule has 3 aromatic rings. The Hall–Kier alpha value is -2.46. The molecule has 4 heteroatoms. The van der Waals surface area contributed by atoms with Gasteiger partial charge in [-0.15, -0.1) is 0 Å². The van der Waals surface area contributed by atoms with Crippen molar-refractivity contribution in [3.8, 4) is 5.75 Å². The number of aliphatic hydroxyl groups excluding tert-OH is 1. The summed E-state index contributed by atoms with van der Waals surface area (Å²) in [5, 5.41) is 11.5. The molecule has 2 aromatic carbocycles. The molecule has 1 atom stereocenters. The molecule has 4 nitrogen and oxygen atoms in total. The van der Waals surface area contributed by atoms with E-state index in [0.29, 0.717) is 22.8 Å². The van der Waals surface area contributed by atoms with Crippen LogP contribution in [-0.2, 0) is 0 Å². The van der Waals surface area contributed by atoms with Crippen LogP contribution in [0.2, 0.25) is 0 Å². The number of fused-ring (bicyclic) bond motifs is 1. The number of para-hydroxylation sites is 2. The molecule has 0 bridgehead atoms. The zero-order valence-electron chi connectivity index (χ0n) is 12.0. The summed E-state index contributed by atoms with van der Waals surface area (Å²) in [5.41, 5.74) is 8.84. The smallest absolute Gasteiger partial charge is 0.142 e. The average molecular weight is 283 g/mol. The molecule has 0 aliphatic heterocycles. The number of benzene rings is 2. The number of ether oxygens (including phenoxy) is 1. The minimum Gasteiger partial charge on any atom is -0.495 e. The molecular weight excluding hydrogens is 266 g/mol. The van der Waals surface area contributed by atoms with E-state index in [2.05, 4.69) is 0 Å². The van der Waals surface area contributed by atoms with E-state index in [4.69, 9.17) is 14.9 Å². The quantitative estimate of drug-likeness (QED) is 0.723.